The van der Waals surface area contributed by atoms with Crippen molar-refractivity contribution < 1.29 is 9.84 Å². The molecule has 0 bridgehead atoms. The van der Waals surface area contributed by atoms with Crippen molar-refractivity contribution in [3.63, 3.8) is 0 Å². The lowest BCUT2D eigenvalue weighted by Gasteiger charge is -2.27. The second-order valence-corrected chi connectivity index (χ2v) is 6.56. The van der Waals surface area contributed by atoms with E-state index in [-0.39, 0.29) is 18.5 Å². The smallest absolute Gasteiger partial charge is 0.189 e. The van der Waals surface area contributed by atoms with Crippen LogP contribution in [0.25, 0.3) is 0 Å². The number of nitrogens with one attached hydrogen (secondary N) is 1. The summed E-state index contributed by atoms with van der Waals surface area (Å²) in [5, 5.41) is 14.3. The van der Waals surface area contributed by atoms with E-state index in [9.17, 15) is 5.11 Å². The third kappa shape index (κ3) is 4.18. The molecule has 25 heavy (non-hydrogen) atoms. The normalized spacial score (nSPS) is 18.2. The zero-order valence-corrected chi connectivity index (χ0v) is 15.0. The van der Waals surface area contributed by atoms with Gasteiger partial charge in [-0.1, -0.05) is 47.5 Å². The molecule has 0 aromatic heterocycles. The van der Waals surface area contributed by atoms with Crippen molar-refractivity contribution in [2.24, 2.45) is 10.7 Å². The lowest BCUT2D eigenvalue weighted by Crippen LogP contribution is -2.37. The highest BCUT2D eigenvalue weighted by molar-refractivity contribution is 6.36. The Morgan fingerprint density at radius 3 is 2.72 bits per heavy atom. The van der Waals surface area contributed by atoms with E-state index < -0.39 is 6.10 Å². The minimum absolute atomic E-state index is 0.0229. The van der Waals surface area contributed by atoms with Gasteiger partial charge in [0.05, 0.1) is 19.2 Å². The second-order valence-electron chi connectivity index (χ2n) is 5.75. The number of ether oxygens (including phenoxy) is 1. The van der Waals surface area contributed by atoms with Crippen LogP contribution in [0.3, 0.4) is 0 Å². The van der Waals surface area contributed by atoms with Gasteiger partial charge in [-0.05, 0) is 18.2 Å². The molecule has 4 N–H and O–H groups in total. The number of guanidine groups is 1. The predicted octanol–water partition coefficient (Wildman–Crippen LogP) is 3.45. The van der Waals surface area contributed by atoms with Crippen LogP contribution in [0.4, 0.5) is 0 Å². The van der Waals surface area contributed by atoms with Gasteiger partial charge in [-0.2, -0.15) is 0 Å². The van der Waals surface area contributed by atoms with Gasteiger partial charge < -0.3 is 20.9 Å². The number of aliphatic hydroxyl groups is 1. The summed E-state index contributed by atoms with van der Waals surface area (Å²) in [7, 11) is 0. The molecule has 2 atom stereocenters. The molecule has 132 valence electrons. The van der Waals surface area contributed by atoms with Crippen LogP contribution >= 0.6 is 23.2 Å². The molecule has 1 heterocycles. The van der Waals surface area contributed by atoms with Crippen LogP contribution in [0.1, 0.15) is 29.7 Å². The third-order valence-corrected chi connectivity index (χ3v) is 4.71. The highest BCUT2D eigenvalue weighted by atomic mass is 35.5. The number of aliphatic imine (C=N–C) groups is 1. The number of fused-ring (bicyclic) bond motifs is 1. The number of halogens is 2. The van der Waals surface area contributed by atoms with Crippen LogP contribution in [0.15, 0.2) is 47.5 Å². The summed E-state index contributed by atoms with van der Waals surface area (Å²) in [4.78, 5) is 4.22. The van der Waals surface area contributed by atoms with E-state index in [1.54, 1.807) is 18.2 Å². The van der Waals surface area contributed by atoms with Gasteiger partial charge in [-0.3, -0.25) is 4.99 Å². The van der Waals surface area contributed by atoms with Gasteiger partial charge in [0.15, 0.2) is 5.96 Å². The van der Waals surface area contributed by atoms with Gasteiger partial charge in [0.2, 0.25) is 0 Å². The highest BCUT2D eigenvalue weighted by Crippen LogP contribution is 2.32. The molecule has 0 aliphatic carbocycles. The summed E-state index contributed by atoms with van der Waals surface area (Å²) in [6.07, 6.45) is -0.143. The summed E-state index contributed by atoms with van der Waals surface area (Å²) < 4.78 is 5.63. The van der Waals surface area contributed by atoms with Crippen LogP contribution in [0, 0.1) is 0 Å². The van der Waals surface area contributed by atoms with Crippen molar-refractivity contribution in [1.29, 1.82) is 0 Å². The fourth-order valence-corrected chi connectivity index (χ4v) is 3.47. The average molecular weight is 380 g/mol. The zero-order valence-electron chi connectivity index (χ0n) is 13.5. The van der Waals surface area contributed by atoms with Gasteiger partial charge in [-0.25, -0.2) is 0 Å². The maximum Gasteiger partial charge on any atom is 0.189 e. The number of hydrogen-bond acceptors (Lipinski definition) is 3. The highest BCUT2D eigenvalue weighted by Gasteiger charge is 2.21. The van der Waals surface area contributed by atoms with Gasteiger partial charge >= 0.3 is 0 Å². The van der Waals surface area contributed by atoms with E-state index in [1.807, 2.05) is 24.3 Å². The van der Waals surface area contributed by atoms with Crippen molar-refractivity contribution in [3.05, 3.63) is 63.6 Å². The quantitative estimate of drug-likeness (QED) is 0.561. The minimum atomic E-state index is -0.927. The first-order valence-electron chi connectivity index (χ1n) is 7.96. The van der Waals surface area contributed by atoms with Crippen LogP contribution < -0.4 is 15.8 Å². The lowest BCUT2D eigenvalue weighted by molar-refractivity contribution is 0.187. The monoisotopic (exact) mass is 379 g/mol. The Labute approximate surface area is 156 Å². The SMILES string of the molecule is NC(=NCC(O)c1c(Cl)cccc1Cl)NC1CCOc2ccccc21. The topological polar surface area (TPSA) is 79.9 Å². The molecular weight excluding hydrogens is 361 g/mol. The van der Waals surface area contributed by atoms with Crippen molar-refractivity contribution in [1.82, 2.24) is 5.32 Å². The fourth-order valence-electron chi connectivity index (χ4n) is 2.82. The number of aliphatic hydroxyl groups excluding tert-OH is 1. The number of nitrogens with two attached hydrogens (primary N) is 1. The molecule has 0 fully saturated rings. The summed E-state index contributed by atoms with van der Waals surface area (Å²) in [5.41, 5.74) is 7.49. The van der Waals surface area contributed by atoms with Crippen molar-refractivity contribution in [3.8, 4) is 5.75 Å². The summed E-state index contributed by atoms with van der Waals surface area (Å²) >= 11 is 12.2. The van der Waals surface area contributed by atoms with E-state index in [2.05, 4.69) is 10.3 Å². The predicted molar refractivity (Wildman–Crippen MR) is 100 cm³/mol. The molecule has 2 aromatic rings. The number of para-hydroxylation sites is 1. The van der Waals surface area contributed by atoms with Crippen LogP contribution in [0.5, 0.6) is 5.75 Å². The Morgan fingerprint density at radius 2 is 1.96 bits per heavy atom. The minimum Gasteiger partial charge on any atom is -0.493 e. The number of nitrogens with zero attached hydrogens (tertiary/aromatic N) is 1. The Kier molecular flexibility index (Phi) is 5.68. The van der Waals surface area contributed by atoms with E-state index in [0.29, 0.717) is 22.2 Å². The molecule has 5 nitrogen and oxygen atoms in total. The van der Waals surface area contributed by atoms with Crippen molar-refractivity contribution in [2.45, 2.75) is 18.6 Å². The molecule has 1 aliphatic rings. The Hall–Kier alpha value is -1.95. The Morgan fingerprint density at radius 1 is 1.24 bits per heavy atom. The van der Waals surface area contributed by atoms with Crippen LogP contribution in [-0.2, 0) is 0 Å². The molecule has 0 saturated heterocycles. The maximum absolute atomic E-state index is 10.3. The van der Waals surface area contributed by atoms with Gasteiger partial charge in [0.1, 0.15) is 11.9 Å². The summed E-state index contributed by atoms with van der Waals surface area (Å²) in [6, 6.07) is 12.9. The molecule has 2 aromatic carbocycles. The first kappa shape index (κ1) is 17.9. The standard InChI is InChI=1S/C18H19Cl2N3O2/c19-12-5-3-6-13(20)17(12)15(24)10-22-18(21)23-14-8-9-25-16-7-2-1-4-11(14)16/h1-7,14-15,24H,8-10H2,(H3,21,22,23). The fraction of sp³-hybridized carbons (Fsp3) is 0.278. The molecule has 0 saturated carbocycles. The van der Waals surface area contributed by atoms with Gasteiger partial charge in [-0.15, -0.1) is 0 Å². The number of benzene rings is 2. The van der Waals surface area contributed by atoms with Crippen LogP contribution in [0.2, 0.25) is 10.0 Å². The molecule has 3 rings (SSSR count). The van der Waals surface area contributed by atoms with Crippen molar-refractivity contribution in [2.75, 3.05) is 13.2 Å². The zero-order chi connectivity index (χ0) is 17.8. The third-order valence-electron chi connectivity index (χ3n) is 4.05. The summed E-state index contributed by atoms with van der Waals surface area (Å²) in [6.45, 7) is 0.674. The molecule has 2 unspecified atom stereocenters. The van der Waals surface area contributed by atoms with E-state index in [1.165, 1.54) is 0 Å². The van der Waals surface area contributed by atoms with Gasteiger partial charge in [0, 0.05) is 27.6 Å². The summed E-state index contributed by atoms with van der Waals surface area (Å²) in [5.74, 6) is 1.10. The van der Waals surface area contributed by atoms with E-state index >= 15 is 0 Å². The number of hydrogen-bond donors (Lipinski definition) is 3. The van der Waals surface area contributed by atoms with Crippen LogP contribution in [-0.4, -0.2) is 24.2 Å². The molecule has 0 amide bonds. The molecule has 0 radical (unpaired) electrons. The Balaban J connectivity index is 1.67. The average Bonchev–Trinajstić information content (AvgIpc) is 2.60. The molecule has 1 aliphatic heterocycles. The lowest BCUT2D eigenvalue weighted by atomic mass is 10.0. The first-order chi connectivity index (χ1) is 12.1. The van der Waals surface area contributed by atoms with E-state index in [4.69, 9.17) is 33.7 Å². The molecule has 7 heteroatoms. The molecule has 0 spiro atoms. The molecular formula is C18H19Cl2N3O2. The first-order valence-corrected chi connectivity index (χ1v) is 8.72. The second kappa shape index (κ2) is 7.95. The van der Waals surface area contributed by atoms with E-state index in [0.717, 1.165) is 17.7 Å². The van der Waals surface area contributed by atoms with Gasteiger partial charge in [0.25, 0.3) is 0 Å². The number of rotatable bonds is 4. The Bertz CT molecular complexity index is 762. The largest absolute Gasteiger partial charge is 0.493 e. The van der Waals surface area contributed by atoms with Crippen molar-refractivity contribution >= 4 is 29.2 Å². The maximum atomic E-state index is 10.3.